The molecule has 3 rings (SSSR count). The van der Waals surface area contributed by atoms with Crippen LogP contribution in [-0.2, 0) is 7.05 Å². The van der Waals surface area contributed by atoms with Gasteiger partial charge in [-0.1, -0.05) is 6.07 Å². The van der Waals surface area contributed by atoms with Crippen molar-refractivity contribution in [2.75, 3.05) is 12.4 Å². The van der Waals surface area contributed by atoms with E-state index in [1.807, 2.05) is 51.5 Å². The smallest absolute Gasteiger partial charge is 0.180 e. The van der Waals surface area contributed by atoms with Crippen molar-refractivity contribution in [2.45, 2.75) is 6.92 Å². The van der Waals surface area contributed by atoms with E-state index in [-0.39, 0.29) is 0 Å². The van der Waals surface area contributed by atoms with E-state index < -0.39 is 0 Å². The number of pyridine rings is 1. The highest BCUT2D eigenvalue weighted by Gasteiger charge is 2.10. The van der Waals surface area contributed by atoms with Gasteiger partial charge in [0.05, 0.1) is 11.9 Å². The second-order valence-electron chi connectivity index (χ2n) is 4.78. The van der Waals surface area contributed by atoms with Crippen LogP contribution in [0.15, 0.2) is 36.7 Å². The van der Waals surface area contributed by atoms with E-state index in [0.717, 1.165) is 28.5 Å². The van der Waals surface area contributed by atoms with Crippen molar-refractivity contribution >= 4 is 5.82 Å². The predicted octanol–water partition coefficient (Wildman–Crippen LogP) is 2.29. The van der Waals surface area contributed by atoms with E-state index in [9.17, 15) is 0 Å². The van der Waals surface area contributed by atoms with Gasteiger partial charge in [0.2, 0.25) is 0 Å². The molecule has 0 aliphatic heterocycles. The lowest BCUT2D eigenvalue weighted by atomic mass is 10.2. The Morgan fingerprint density at radius 2 is 1.95 bits per heavy atom. The van der Waals surface area contributed by atoms with Crippen LogP contribution in [-0.4, -0.2) is 31.8 Å². The predicted molar refractivity (Wildman–Crippen MR) is 81.7 cm³/mol. The molecule has 0 aliphatic carbocycles. The zero-order valence-corrected chi connectivity index (χ0v) is 12.2. The molecular formula is C15H16N6. The first-order valence-corrected chi connectivity index (χ1v) is 6.65. The van der Waals surface area contributed by atoms with Crippen LogP contribution in [0.1, 0.15) is 5.69 Å². The molecule has 21 heavy (non-hydrogen) atoms. The number of hydrogen-bond donors (Lipinski definition) is 1. The van der Waals surface area contributed by atoms with Crippen molar-refractivity contribution in [1.29, 1.82) is 0 Å². The average molecular weight is 280 g/mol. The molecule has 0 unspecified atom stereocenters. The van der Waals surface area contributed by atoms with E-state index in [2.05, 4.69) is 25.4 Å². The van der Waals surface area contributed by atoms with Crippen molar-refractivity contribution in [3.8, 4) is 22.8 Å². The third kappa shape index (κ3) is 2.74. The zero-order valence-electron chi connectivity index (χ0n) is 12.2. The molecule has 3 aromatic rings. The number of rotatable bonds is 3. The normalized spacial score (nSPS) is 10.6. The summed E-state index contributed by atoms with van der Waals surface area (Å²) in [6.07, 6.45) is 3.71. The molecule has 0 saturated carbocycles. The molecule has 0 spiro atoms. The van der Waals surface area contributed by atoms with Crippen molar-refractivity contribution in [1.82, 2.24) is 24.7 Å². The molecule has 0 radical (unpaired) electrons. The lowest BCUT2D eigenvalue weighted by Crippen LogP contribution is -2.00. The highest BCUT2D eigenvalue weighted by molar-refractivity contribution is 5.65. The maximum Gasteiger partial charge on any atom is 0.180 e. The summed E-state index contributed by atoms with van der Waals surface area (Å²) in [7, 11) is 3.72. The fraction of sp³-hybridized carbons (Fsp3) is 0.200. The van der Waals surface area contributed by atoms with Crippen molar-refractivity contribution in [2.24, 2.45) is 7.05 Å². The van der Waals surface area contributed by atoms with Gasteiger partial charge in [-0.3, -0.25) is 4.68 Å². The number of nitrogens with zero attached hydrogens (tertiary/aromatic N) is 5. The Bertz CT molecular complexity index is 777. The second-order valence-corrected chi connectivity index (χ2v) is 4.78. The number of anilines is 1. The Balaban J connectivity index is 2.13. The van der Waals surface area contributed by atoms with Gasteiger partial charge in [-0.25, -0.2) is 15.0 Å². The first-order valence-electron chi connectivity index (χ1n) is 6.65. The number of aryl methyl sites for hydroxylation is 2. The van der Waals surface area contributed by atoms with Crippen LogP contribution in [0.4, 0.5) is 5.82 Å². The fourth-order valence-electron chi connectivity index (χ4n) is 2.06. The highest BCUT2D eigenvalue weighted by atomic mass is 15.2. The van der Waals surface area contributed by atoms with Crippen LogP contribution < -0.4 is 5.32 Å². The molecule has 0 bridgehead atoms. The molecule has 6 nitrogen and oxygen atoms in total. The topological polar surface area (TPSA) is 68.5 Å². The van der Waals surface area contributed by atoms with Gasteiger partial charge in [-0.2, -0.15) is 5.10 Å². The van der Waals surface area contributed by atoms with Gasteiger partial charge < -0.3 is 5.32 Å². The number of hydrogen-bond acceptors (Lipinski definition) is 5. The maximum absolute atomic E-state index is 4.61. The molecular weight excluding hydrogens is 264 g/mol. The summed E-state index contributed by atoms with van der Waals surface area (Å²) in [5.74, 6) is 1.35. The molecule has 0 saturated heterocycles. The number of nitrogens with one attached hydrogen (secondary N) is 1. The van der Waals surface area contributed by atoms with Crippen LogP contribution in [0.5, 0.6) is 0 Å². The first kappa shape index (κ1) is 13.2. The molecule has 3 aromatic heterocycles. The fourth-order valence-corrected chi connectivity index (χ4v) is 2.06. The van der Waals surface area contributed by atoms with Gasteiger partial charge in [-0.05, 0) is 19.1 Å². The Kier molecular flexibility index (Phi) is 3.35. The summed E-state index contributed by atoms with van der Waals surface area (Å²) in [5, 5.41) is 7.25. The monoisotopic (exact) mass is 280 g/mol. The van der Waals surface area contributed by atoms with Crippen molar-refractivity contribution in [3.63, 3.8) is 0 Å². The summed E-state index contributed by atoms with van der Waals surface area (Å²) >= 11 is 0. The van der Waals surface area contributed by atoms with Crippen LogP contribution >= 0.6 is 0 Å². The van der Waals surface area contributed by atoms with E-state index in [0.29, 0.717) is 5.82 Å². The summed E-state index contributed by atoms with van der Waals surface area (Å²) in [6, 6.07) is 7.72. The SMILES string of the molecule is CNc1cc(-c2cnn(C)c2)nc(-c2cccc(C)n2)n1. The van der Waals surface area contributed by atoms with Crippen molar-refractivity contribution < 1.29 is 0 Å². The summed E-state index contributed by atoms with van der Waals surface area (Å²) in [4.78, 5) is 13.6. The molecule has 0 fully saturated rings. The lowest BCUT2D eigenvalue weighted by Gasteiger charge is -2.07. The molecule has 0 aromatic carbocycles. The van der Waals surface area contributed by atoms with E-state index >= 15 is 0 Å². The van der Waals surface area contributed by atoms with Gasteiger partial charge in [0.15, 0.2) is 5.82 Å². The van der Waals surface area contributed by atoms with E-state index in [4.69, 9.17) is 0 Å². The standard InChI is InChI=1S/C15H16N6/c1-10-5-4-6-12(18-10)15-19-13(7-14(16-2)20-15)11-8-17-21(3)9-11/h4-9H,1-3H3,(H,16,19,20). The van der Waals surface area contributed by atoms with Gasteiger partial charge in [0.25, 0.3) is 0 Å². The lowest BCUT2D eigenvalue weighted by molar-refractivity contribution is 0.768. The third-order valence-electron chi connectivity index (χ3n) is 3.10. The minimum atomic E-state index is 0.601. The minimum Gasteiger partial charge on any atom is -0.373 e. The van der Waals surface area contributed by atoms with Gasteiger partial charge in [-0.15, -0.1) is 0 Å². The Morgan fingerprint density at radius 1 is 1.10 bits per heavy atom. The van der Waals surface area contributed by atoms with Gasteiger partial charge in [0, 0.05) is 37.6 Å². The molecule has 0 aliphatic rings. The average Bonchev–Trinajstić information content (AvgIpc) is 2.93. The molecule has 0 atom stereocenters. The summed E-state index contributed by atoms with van der Waals surface area (Å²) in [5.41, 5.74) is 3.47. The molecule has 106 valence electrons. The minimum absolute atomic E-state index is 0.601. The molecule has 3 heterocycles. The Morgan fingerprint density at radius 3 is 2.62 bits per heavy atom. The zero-order chi connectivity index (χ0) is 14.8. The summed E-state index contributed by atoms with van der Waals surface area (Å²) < 4.78 is 1.75. The Hall–Kier alpha value is -2.76. The first-order chi connectivity index (χ1) is 10.2. The Labute approximate surface area is 122 Å². The largest absolute Gasteiger partial charge is 0.373 e. The van der Waals surface area contributed by atoms with Crippen LogP contribution in [0.25, 0.3) is 22.8 Å². The molecule has 0 amide bonds. The van der Waals surface area contributed by atoms with Crippen molar-refractivity contribution in [3.05, 3.63) is 42.4 Å². The van der Waals surface area contributed by atoms with Crippen LogP contribution in [0.2, 0.25) is 0 Å². The van der Waals surface area contributed by atoms with E-state index in [1.165, 1.54) is 0 Å². The quantitative estimate of drug-likeness (QED) is 0.797. The highest BCUT2D eigenvalue weighted by Crippen LogP contribution is 2.23. The second kappa shape index (κ2) is 5.32. The third-order valence-corrected chi connectivity index (χ3v) is 3.10. The molecule has 1 N–H and O–H groups in total. The van der Waals surface area contributed by atoms with Gasteiger partial charge in [0.1, 0.15) is 11.5 Å². The maximum atomic E-state index is 4.61. The summed E-state index contributed by atoms with van der Waals surface area (Å²) in [6.45, 7) is 1.95. The molecule has 6 heteroatoms. The van der Waals surface area contributed by atoms with E-state index in [1.54, 1.807) is 10.9 Å². The van der Waals surface area contributed by atoms with Gasteiger partial charge >= 0.3 is 0 Å². The number of aromatic nitrogens is 5. The van der Waals surface area contributed by atoms with Crippen LogP contribution in [0.3, 0.4) is 0 Å². The van der Waals surface area contributed by atoms with Crippen LogP contribution in [0, 0.1) is 6.92 Å².